The zero-order valence-corrected chi connectivity index (χ0v) is 13.5. The zero-order chi connectivity index (χ0) is 16.3. The average Bonchev–Trinajstić information content (AvgIpc) is 2.48. The van der Waals surface area contributed by atoms with E-state index in [9.17, 15) is 14.4 Å². The SMILES string of the molecule is CN(C)CC[C@H]1CCCCN1C(=O)c1cn(C)c(=O)[nH]c1=O. The van der Waals surface area contributed by atoms with Crippen LogP contribution in [0.3, 0.4) is 0 Å². The molecule has 1 fully saturated rings. The van der Waals surface area contributed by atoms with Crippen LogP contribution in [0.25, 0.3) is 0 Å². The molecule has 1 aliphatic heterocycles. The van der Waals surface area contributed by atoms with Crippen LogP contribution in [-0.4, -0.2) is 58.5 Å². The van der Waals surface area contributed by atoms with Gasteiger partial charge in [-0.2, -0.15) is 0 Å². The molecule has 7 heteroatoms. The number of H-pyrrole nitrogens is 1. The Bertz CT molecular complexity index is 647. The van der Waals surface area contributed by atoms with Gasteiger partial charge < -0.3 is 14.4 Å². The molecule has 0 bridgehead atoms. The van der Waals surface area contributed by atoms with Gasteiger partial charge in [0.2, 0.25) is 0 Å². The highest BCUT2D eigenvalue weighted by atomic mass is 16.2. The molecule has 0 radical (unpaired) electrons. The monoisotopic (exact) mass is 308 g/mol. The van der Waals surface area contributed by atoms with Crippen molar-refractivity contribution >= 4 is 5.91 Å². The van der Waals surface area contributed by atoms with E-state index in [2.05, 4.69) is 9.88 Å². The van der Waals surface area contributed by atoms with Gasteiger partial charge >= 0.3 is 5.69 Å². The molecule has 0 aromatic carbocycles. The first-order valence-corrected chi connectivity index (χ1v) is 7.66. The molecule has 7 nitrogen and oxygen atoms in total. The highest BCUT2D eigenvalue weighted by Gasteiger charge is 2.29. The van der Waals surface area contributed by atoms with Gasteiger partial charge in [0.25, 0.3) is 11.5 Å². The molecule has 1 saturated heterocycles. The van der Waals surface area contributed by atoms with Crippen LogP contribution in [0.1, 0.15) is 36.0 Å². The van der Waals surface area contributed by atoms with Gasteiger partial charge in [0.05, 0.1) is 0 Å². The number of nitrogens with zero attached hydrogens (tertiary/aromatic N) is 3. The van der Waals surface area contributed by atoms with E-state index in [0.717, 1.165) is 32.2 Å². The van der Waals surface area contributed by atoms with E-state index in [1.54, 1.807) is 4.90 Å². The van der Waals surface area contributed by atoms with E-state index < -0.39 is 11.2 Å². The van der Waals surface area contributed by atoms with Crippen LogP contribution >= 0.6 is 0 Å². The number of nitrogens with one attached hydrogen (secondary N) is 1. The molecule has 0 saturated carbocycles. The average molecular weight is 308 g/mol. The van der Waals surface area contributed by atoms with Crippen molar-refractivity contribution in [1.29, 1.82) is 0 Å². The maximum absolute atomic E-state index is 12.7. The molecule has 0 aliphatic carbocycles. The third kappa shape index (κ3) is 3.65. The minimum atomic E-state index is -0.606. The lowest BCUT2D eigenvalue weighted by Crippen LogP contribution is -2.47. The maximum atomic E-state index is 12.7. The summed E-state index contributed by atoms with van der Waals surface area (Å²) in [4.78, 5) is 42.1. The summed E-state index contributed by atoms with van der Waals surface area (Å²) < 4.78 is 1.23. The largest absolute Gasteiger partial charge is 0.335 e. The first-order chi connectivity index (χ1) is 10.4. The second-order valence-electron chi connectivity index (χ2n) is 6.15. The molecular weight excluding hydrogens is 284 g/mol. The fourth-order valence-electron chi connectivity index (χ4n) is 2.85. The van der Waals surface area contributed by atoms with Crippen LogP contribution in [0.4, 0.5) is 0 Å². The number of aromatic nitrogens is 2. The van der Waals surface area contributed by atoms with Crippen molar-refractivity contribution < 1.29 is 4.79 Å². The number of piperidine rings is 1. The normalized spacial score (nSPS) is 18.7. The van der Waals surface area contributed by atoms with E-state index in [4.69, 9.17) is 0 Å². The third-order valence-electron chi connectivity index (χ3n) is 4.14. The number of hydrogen-bond donors (Lipinski definition) is 1. The lowest BCUT2D eigenvalue weighted by Gasteiger charge is -2.36. The van der Waals surface area contributed by atoms with E-state index in [1.807, 2.05) is 14.1 Å². The van der Waals surface area contributed by atoms with Crippen molar-refractivity contribution in [3.8, 4) is 0 Å². The standard InChI is InChI=1S/C15H24N4O3/c1-17(2)9-7-11-6-4-5-8-19(11)14(21)12-10-18(3)15(22)16-13(12)20/h10-11H,4-9H2,1-3H3,(H,16,20,22)/t11-/m1/s1. The van der Waals surface area contributed by atoms with Crippen molar-refractivity contribution in [3.63, 3.8) is 0 Å². The Balaban J connectivity index is 2.24. The van der Waals surface area contributed by atoms with Crippen LogP contribution in [0, 0.1) is 0 Å². The summed E-state index contributed by atoms with van der Waals surface area (Å²) >= 11 is 0. The third-order valence-corrected chi connectivity index (χ3v) is 4.14. The molecule has 1 aliphatic rings. The number of hydrogen-bond acceptors (Lipinski definition) is 4. The number of aromatic amines is 1. The lowest BCUT2D eigenvalue weighted by molar-refractivity contribution is 0.0588. The molecule has 1 amide bonds. The molecule has 1 atom stereocenters. The van der Waals surface area contributed by atoms with Crippen molar-refractivity contribution in [2.24, 2.45) is 7.05 Å². The molecule has 0 unspecified atom stereocenters. The molecule has 2 heterocycles. The summed E-state index contributed by atoms with van der Waals surface area (Å²) in [5.41, 5.74) is -1.08. The molecule has 2 rings (SSSR count). The van der Waals surface area contributed by atoms with Gasteiger partial charge in [-0.15, -0.1) is 0 Å². The van der Waals surface area contributed by atoms with Crippen molar-refractivity contribution in [1.82, 2.24) is 19.4 Å². The van der Waals surface area contributed by atoms with Crippen LogP contribution in [0.5, 0.6) is 0 Å². The first kappa shape index (κ1) is 16.5. The van der Waals surface area contributed by atoms with Gasteiger partial charge in [-0.25, -0.2) is 4.79 Å². The second kappa shape index (κ2) is 6.91. The lowest BCUT2D eigenvalue weighted by atomic mass is 9.98. The van der Waals surface area contributed by atoms with E-state index in [1.165, 1.54) is 17.8 Å². The summed E-state index contributed by atoms with van der Waals surface area (Å²) in [5, 5.41) is 0. The Morgan fingerprint density at radius 3 is 2.77 bits per heavy atom. The number of carbonyl (C=O) groups excluding carboxylic acids is 1. The molecule has 122 valence electrons. The Labute approximate surface area is 129 Å². The Morgan fingerprint density at radius 1 is 1.36 bits per heavy atom. The van der Waals surface area contributed by atoms with Crippen LogP contribution in [0.15, 0.2) is 15.8 Å². The topological polar surface area (TPSA) is 78.4 Å². The van der Waals surface area contributed by atoms with Crippen LogP contribution in [-0.2, 0) is 7.05 Å². The summed E-state index contributed by atoms with van der Waals surface area (Å²) in [6.45, 7) is 1.57. The van der Waals surface area contributed by atoms with Crippen molar-refractivity contribution in [2.45, 2.75) is 31.7 Å². The molecule has 1 N–H and O–H groups in total. The van der Waals surface area contributed by atoms with E-state index >= 15 is 0 Å². The van der Waals surface area contributed by atoms with Gasteiger partial charge in [-0.3, -0.25) is 14.6 Å². The van der Waals surface area contributed by atoms with Gasteiger partial charge in [0, 0.05) is 25.8 Å². The van der Waals surface area contributed by atoms with Gasteiger partial charge in [0.15, 0.2) is 0 Å². The molecular formula is C15H24N4O3. The summed E-state index contributed by atoms with van der Waals surface area (Å²) in [5.74, 6) is -0.277. The predicted octanol–water partition coefficient (Wildman–Crippen LogP) is 0.0200. The minimum absolute atomic E-state index is 0.0406. The second-order valence-corrected chi connectivity index (χ2v) is 6.15. The van der Waals surface area contributed by atoms with Gasteiger partial charge in [0.1, 0.15) is 5.56 Å². The quantitative estimate of drug-likeness (QED) is 0.850. The summed E-state index contributed by atoms with van der Waals surface area (Å²) in [6, 6.07) is 0.153. The van der Waals surface area contributed by atoms with E-state index in [0.29, 0.717) is 6.54 Å². The van der Waals surface area contributed by atoms with Crippen molar-refractivity contribution in [3.05, 3.63) is 32.6 Å². The number of amides is 1. The highest BCUT2D eigenvalue weighted by molar-refractivity contribution is 5.93. The summed E-state index contributed by atoms with van der Waals surface area (Å²) in [7, 11) is 5.54. The zero-order valence-electron chi connectivity index (χ0n) is 13.5. The fraction of sp³-hybridized carbons (Fsp3) is 0.667. The highest BCUT2D eigenvalue weighted by Crippen LogP contribution is 2.21. The number of rotatable bonds is 4. The maximum Gasteiger partial charge on any atom is 0.328 e. The van der Waals surface area contributed by atoms with Gasteiger partial charge in [-0.1, -0.05) is 0 Å². The summed E-state index contributed by atoms with van der Waals surface area (Å²) in [6.07, 6.45) is 5.24. The Kier molecular flexibility index (Phi) is 5.18. The van der Waals surface area contributed by atoms with Crippen LogP contribution in [0.2, 0.25) is 0 Å². The smallest absolute Gasteiger partial charge is 0.328 e. The number of carbonyl (C=O) groups is 1. The van der Waals surface area contributed by atoms with E-state index in [-0.39, 0.29) is 17.5 Å². The molecule has 0 spiro atoms. The van der Waals surface area contributed by atoms with Crippen molar-refractivity contribution in [2.75, 3.05) is 27.2 Å². The fourth-order valence-corrected chi connectivity index (χ4v) is 2.85. The first-order valence-electron chi connectivity index (χ1n) is 7.66. The minimum Gasteiger partial charge on any atom is -0.335 e. The molecule has 1 aromatic rings. The number of aryl methyl sites for hydroxylation is 1. The number of likely N-dealkylation sites (tertiary alicyclic amines) is 1. The van der Waals surface area contributed by atoms with Crippen LogP contribution < -0.4 is 11.2 Å². The molecule has 22 heavy (non-hydrogen) atoms. The Morgan fingerprint density at radius 2 is 2.09 bits per heavy atom. The van der Waals surface area contributed by atoms with Gasteiger partial charge in [-0.05, 0) is 46.3 Å². The predicted molar refractivity (Wildman–Crippen MR) is 84.2 cm³/mol. The Hall–Kier alpha value is -1.89. The molecule has 1 aromatic heterocycles.